The van der Waals surface area contributed by atoms with Gasteiger partial charge in [0.25, 0.3) is 11.6 Å². The van der Waals surface area contributed by atoms with E-state index in [2.05, 4.69) is 11.9 Å². The Labute approximate surface area is 121 Å². The molecule has 0 fully saturated rings. The molecular formula is C15H17N3O3. The first-order valence-corrected chi connectivity index (χ1v) is 7.20. The van der Waals surface area contributed by atoms with E-state index in [9.17, 15) is 14.9 Å². The molecule has 1 amide bonds. The van der Waals surface area contributed by atoms with Gasteiger partial charge in [-0.3, -0.25) is 14.9 Å². The molecule has 1 aromatic heterocycles. The van der Waals surface area contributed by atoms with Crippen molar-refractivity contribution in [1.82, 2.24) is 9.88 Å². The fourth-order valence-corrected chi connectivity index (χ4v) is 2.92. The summed E-state index contributed by atoms with van der Waals surface area (Å²) in [5.41, 5.74) is 1.90. The van der Waals surface area contributed by atoms with Crippen molar-refractivity contribution in [2.24, 2.45) is 0 Å². The number of hydrogen-bond donors (Lipinski definition) is 1. The van der Waals surface area contributed by atoms with Crippen molar-refractivity contribution in [2.75, 3.05) is 13.1 Å². The van der Waals surface area contributed by atoms with E-state index in [1.54, 1.807) is 6.07 Å². The monoisotopic (exact) mass is 287 g/mol. The Morgan fingerprint density at radius 2 is 2.24 bits per heavy atom. The molecular weight excluding hydrogens is 270 g/mol. The molecule has 6 heteroatoms. The van der Waals surface area contributed by atoms with Crippen LogP contribution in [-0.2, 0) is 6.42 Å². The number of unbranched alkanes of at least 4 members (excludes halogenated alkanes) is 1. The smallest absolute Gasteiger partial charge is 0.293 e. The van der Waals surface area contributed by atoms with E-state index in [0.29, 0.717) is 17.8 Å². The average molecular weight is 287 g/mol. The summed E-state index contributed by atoms with van der Waals surface area (Å²) in [5, 5.41) is 11.9. The van der Waals surface area contributed by atoms with Gasteiger partial charge in [-0.1, -0.05) is 25.5 Å². The fraction of sp³-hybridized carbons (Fsp3) is 0.400. The predicted octanol–water partition coefficient (Wildman–Crippen LogP) is 2.87. The number of carbonyl (C=O) groups is 1. The number of nitrogens with zero attached hydrogens (tertiary/aromatic N) is 2. The molecule has 0 saturated heterocycles. The summed E-state index contributed by atoms with van der Waals surface area (Å²) < 4.78 is 0. The van der Waals surface area contributed by atoms with E-state index in [4.69, 9.17) is 0 Å². The molecule has 2 aromatic rings. The number of amides is 1. The third-order valence-electron chi connectivity index (χ3n) is 4.03. The second-order valence-electron chi connectivity index (χ2n) is 5.33. The molecule has 0 bridgehead atoms. The lowest BCUT2D eigenvalue weighted by Gasteiger charge is -2.26. The highest BCUT2D eigenvalue weighted by atomic mass is 16.6. The molecule has 110 valence electrons. The molecule has 6 nitrogen and oxygen atoms in total. The van der Waals surface area contributed by atoms with Gasteiger partial charge in [-0.2, -0.15) is 0 Å². The van der Waals surface area contributed by atoms with E-state index in [0.717, 1.165) is 36.8 Å². The minimum Gasteiger partial charge on any atom is -0.345 e. The molecule has 2 heterocycles. The molecule has 1 aliphatic heterocycles. The summed E-state index contributed by atoms with van der Waals surface area (Å²) in [4.78, 5) is 28.0. The zero-order valence-electron chi connectivity index (χ0n) is 11.9. The van der Waals surface area contributed by atoms with E-state index in [1.165, 1.54) is 6.07 Å². The molecule has 3 rings (SSSR count). The van der Waals surface area contributed by atoms with Crippen LogP contribution in [0.25, 0.3) is 10.9 Å². The SMILES string of the molecule is CCCCN1CCc2c([nH]c3c([N+](=O)[O-])cccc23)C1=O. The van der Waals surface area contributed by atoms with Crippen LogP contribution in [0.2, 0.25) is 0 Å². The van der Waals surface area contributed by atoms with Crippen molar-refractivity contribution in [3.63, 3.8) is 0 Å². The third kappa shape index (κ3) is 2.16. The second-order valence-corrected chi connectivity index (χ2v) is 5.33. The second kappa shape index (κ2) is 5.20. The Kier molecular flexibility index (Phi) is 3.37. The van der Waals surface area contributed by atoms with Gasteiger partial charge in [0.2, 0.25) is 0 Å². The minimum atomic E-state index is -0.413. The Morgan fingerprint density at radius 3 is 2.95 bits per heavy atom. The summed E-state index contributed by atoms with van der Waals surface area (Å²) in [6.07, 6.45) is 2.75. The van der Waals surface area contributed by atoms with Crippen molar-refractivity contribution in [1.29, 1.82) is 0 Å². The lowest BCUT2D eigenvalue weighted by Crippen LogP contribution is -2.38. The van der Waals surface area contributed by atoms with Crippen molar-refractivity contribution in [3.05, 3.63) is 39.6 Å². The van der Waals surface area contributed by atoms with Gasteiger partial charge in [-0.25, -0.2) is 0 Å². The van der Waals surface area contributed by atoms with Crippen molar-refractivity contribution < 1.29 is 9.72 Å². The average Bonchev–Trinajstić information content (AvgIpc) is 2.86. The normalized spacial score (nSPS) is 14.5. The van der Waals surface area contributed by atoms with Crippen molar-refractivity contribution in [2.45, 2.75) is 26.2 Å². The van der Waals surface area contributed by atoms with Crippen LogP contribution in [-0.4, -0.2) is 33.8 Å². The van der Waals surface area contributed by atoms with Crippen molar-refractivity contribution in [3.8, 4) is 0 Å². The number of non-ortho nitro benzene ring substituents is 1. The van der Waals surface area contributed by atoms with Crippen LogP contribution in [0.5, 0.6) is 0 Å². The number of hydrogen-bond acceptors (Lipinski definition) is 3. The largest absolute Gasteiger partial charge is 0.345 e. The number of fused-ring (bicyclic) bond motifs is 3. The van der Waals surface area contributed by atoms with Crippen LogP contribution < -0.4 is 0 Å². The topological polar surface area (TPSA) is 79.2 Å². The van der Waals surface area contributed by atoms with Gasteiger partial charge in [-0.05, 0) is 18.4 Å². The maximum atomic E-state index is 12.5. The highest BCUT2D eigenvalue weighted by molar-refractivity contribution is 6.04. The van der Waals surface area contributed by atoms with E-state index >= 15 is 0 Å². The number of para-hydroxylation sites is 1. The van der Waals surface area contributed by atoms with Gasteiger partial charge in [0, 0.05) is 24.5 Å². The number of nitro benzene ring substituents is 1. The molecule has 0 saturated carbocycles. The van der Waals surface area contributed by atoms with Crippen LogP contribution in [0.1, 0.15) is 35.8 Å². The van der Waals surface area contributed by atoms with Gasteiger partial charge >= 0.3 is 0 Å². The molecule has 0 aliphatic carbocycles. The van der Waals surface area contributed by atoms with E-state index in [-0.39, 0.29) is 11.6 Å². The number of aromatic amines is 1. The Hall–Kier alpha value is -2.37. The van der Waals surface area contributed by atoms with Gasteiger partial charge in [0.1, 0.15) is 11.2 Å². The molecule has 21 heavy (non-hydrogen) atoms. The Bertz CT molecular complexity index is 720. The van der Waals surface area contributed by atoms with Crippen LogP contribution in [0.15, 0.2) is 18.2 Å². The number of aromatic nitrogens is 1. The molecule has 0 radical (unpaired) electrons. The van der Waals surface area contributed by atoms with Crippen LogP contribution in [0.4, 0.5) is 5.69 Å². The van der Waals surface area contributed by atoms with E-state index < -0.39 is 4.92 Å². The molecule has 0 spiro atoms. The lowest BCUT2D eigenvalue weighted by molar-refractivity contribution is -0.383. The van der Waals surface area contributed by atoms with Gasteiger partial charge in [-0.15, -0.1) is 0 Å². The number of benzene rings is 1. The summed E-state index contributed by atoms with van der Waals surface area (Å²) >= 11 is 0. The van der Waals surface area contributed by atoms with Gasteiger partial charge < -0.3 is 9.88 Å². The molecule has 0 atom stereocenters. The molecule has 1 aromatic carbocycles. The van der Waals surface area contributed by atoms with E-state index in [1.807, 2.05) is 11.0 Å². The number of nitrogens with one attached hydrogen (secondary N) is 1. The third-order valence-corrected chi connectivity index (χ3v) is 4.03. The zero-order chi connectivity index (χ0) is 15.0. The van der Waals surface area contributed by atoms with Gasteiger partial charge in [0.05, 0.1) is 4.92 Å². The first-order chi connectivity index (χ1) is 10.1. The summed E-state index contributed by atoms with van der Waals surface area (Å²) in [6.45, 7) is 3.51. The summed E-state index contributed by atoms with van der Waals surface area (Å²) in [6, 6.07) is 4.97. The first-order valence-electron chi connectivity index (χ1n) is 7.20. The molecule has 0 unspecified atom stereocenters. The minimum absolute atomic E-state index is 0.0230. The van der Waals surface area contributed by atoms with Crippen LogP contribution >= 0.6 is 0 Å². The highest BCUT2D eigenvalue weighted by Crippen LogP contribution is 2.32. The maximum Gasteiger partial charge on any atom is 0.293 e. The summed E-state index contributed by atoms with van der Waals surface area (Å²) in [7, 11) is 0. The number of carbonyl (C=O) groups excluding carboxylic acids is 1. The Balaban J connectivity index is 2.07. The highest BCUT2D eigenvalue weighted by Gasteiger charge is 2.29. The number of H-pyrrole nitrogens is 1. The molecule has 1 N–H and O–H groups in total. The predicted molar refractivity (Wildman–Crippen MR) is 79.5 cm³/mol. The van der Waals surface area contributed by atoms with Gasteiger partial charge in [0.15, 0.2) is 0 Å². The standard InChI is InChI=1S/C15H17N3O3/c1-2-3-8-17-9-7-11-10-5-4-6-12(18(20)21)13(10)16-14(11)15(17)19/h4-6,16H,2-3,7-9H2,1H3. The summed E-state index contributed by atoms with van der Waals surface area (Å²) in [5.74, 6) is -0.0461. The number of rotatable bonds is 4. The Morgan fingerprint density at radius 1 is 1.43 bits per heavy atom. The maximum absolute atomic E-state index is 12.5. The lowest BCUT2D eigenvalue weighted by atomic mass is 10.0. The zero-order valence-corrected chi connectivity index (χ0v) is 11.9. The first kappa shape index (κ1) is 13.6. The van der Waals surface area contributed by atoms with Crippen LogP contribution in [0, 0.1) is 10.1 Å². The quantitative estimate of drug-likeness (QED) is 0.693. The number of nitro groups is 1. The fourth-order valence-electron chi connectivity index (χ4n) is 2.92. The van der Waals surface area contributed by atoms with Crippen molar-refractivity contribution >= 4 is 22.5 Å². The van der Waals surface area contributed by atoms with Crippen LogP contribution in [0.3, 0.4) is 0 Å². The molecule has 1 aliphatic rings.